The molecule has 2 heterocycles. The van der Waals surface area contributed by atoms with Crippen molar-refractivity contribution in [2.24, 2.45) is 4.99 Å². The molecule has 0 amide bonds. The number of carbonyl (C=O) groups excluding carboxylic acids is 1. The van der Waals surface area contributed by atoms with Gasteiger partial charge < -0.3 is 10.1 Å². The fourth-order valence-corrected chi connectivity index (χ4v) is 3.06. The van der Waals surface area contributed by atoms with Gasteiger partial charge in [0.05, 0.1) is 17.7 Å². The van der Waals surface area contributed by atoms with Crippen LogP contribution in [0.4, 0.5) is 4.39 Å². The van der Waals surface area contributed by atoms with Crippen LogP contribution in [0.15, 0.2) is 51.4 Å². The number of nitrogens with one attached hydrogen (secondary N) is 1. The summed E-state index contributed by atoms with van der Waals surface area (Å²) in [5, 5.41) is 4.96. The van der Waals surface area contributed by atoms with Gasteiger partial charge in [0.1, 0.15) is 17.6 Å². The predicted octanol–water partition coefficient (Wildman–Crippen LogP) is 3.21. The molecule has 0 fully saturated rings. The molecule has 1 aromatic carbocycles. The number of esters is 1. The first-order valence-electron chi connectivity index (χ1n) is 7.47. The van der Waals surface area contributed by atoms with Crippen molar-refractivity contribution in [3.63, 3.8) is 0 Å². The zero-order valence-corrected chi connectivity index (χ0v) is 14.1. The van der Waals surface area contributed by atoms with Crippen molar-refractivity contribution in [3.8, 4) is 0 Å². The van der Waals surface area contributed by atoms with Crippen molar-refractivity contribution in [3.05, 3.63) is 63.5 Å². The number of hydrogen-bond donors (Lipinski definition) is 1. The Bertz CT molecular complexity index is 815. The van der Waals surface area contributed by atoms with Gasteiger partial charge in [-0.2, -0.15) is 0 Å². The minimum Gasteiger partial charge on any atom is -0.463 e. The van der Waals surface area contributed by atoms with E-state index in [0.29, 0.717) is 28.4 Å². The number of nitrogens with zero attached hydrogens (tertiary/aromatic N) is 2. The first kappa shape index (κ1) is 16.3. The summed E-state index contributed by atoms with van der Waals surface area (Å²) in [6, 6.07) is 5.44. The number of rotatable bonds is 4. The van der Waals surface area contributed by atoms with Crippen LogP contribution in [0.25, 0.3) is 0 Å². The Labute approximate surface area is 142 Å². The largest absolute Gasteiger partial charge is 0.463 e. The SMILES string of the molecule is CCOC(=O)C1=C(C)NC(c2cscn2)=NC1c1cccc(F)c1. The number of thiazole rings is 1. The van der Waals surface area contributed by atoms with Gasteiger partial charge in [-0.05, 0) is 31.5 Å². The minimum absolute atomic E-state index is 0.258. The maximum atomic E-state index is 13.7. The molecule has 1 aliphatic heterocycles. The van der Waals surface area contributed by atoms with E-state index in [1.54, 1.807) is 31.5 Å². The van der Waals surface area contributed by atoms with E-state index in [1.807, 2.05) is 5.38 Å². The van der Waals surface area contributed by atoms with Crippen LogP contribution in [0.1, 0.15) is 31.1 Å². The quantitative estimate of drug-likeness (QED) is 0.864. The lowest BCUT2D eigenvalue weighted by Gasteiger charge is -2.25. The number of allylic oxidation sites excluding steroid dienone is 1. The number of hydrogen-bond acceptors (Lipinski definition) is 6. The highest BCUT2D eigenvalue weighted by Gasteiger charge is 2.31. The van der Waals surface area contributed by atoms with Crippen molar-refractivity contribution in [1.29, 1.82) is 0 Å². The topological polar surface area (TPSA) is 63.6 Å². The summed E-state index contributed by atoms with van der Waals surface area (Å²) >= 11 is 1.45. The highest BCUT2D eigenvalue weighted by atomic mass is 32.1. The fourth-order valence-electron chi connectivity index (χ4n) is 2.53. The summed E-state index contributed by atoms with van der Waals surface area (Å²) in [6.45, 7) is 3.78. The van der Waals surface area contributed by atoms with Gasteiger partial charge in [-0.25, -0.2) is 14.2 Å². The smallest absolute Gasteiger partial charge is 0.338 e. The van der Waals surface area contributed by atoms with E-state index in [0.717, 1.165) is 0 Å². The van der Waals surface area contributed by atoms with Crippen LogP contribution in [0, 0.1) is 5.82 Å². The molecule has 1 aromatic heterocycles. The molecule has 7 heteroatoms. The molecule has 0 aliphatic carbocycles. The molecule has 0 radical (unpaired) electrons. The van der Waals surface area contributed by atoms with Crippen molar-refractivity contribution in [1.82, 2.24) is 10.3 Å². The van der Waals surface area contributed by atoms with E-state index < -0.39 is 12.0 Å². The highest BCUT2D eigenvalue weighted by molar-refractivity contribution is 7.07. The molecule has 0 spiro atoms. The Morgan fingerprint density at radius 1 is 1.46 bits per heavy atom. The van der Waals surface area contributed by atoms with Crippen molar-refractivity contribution in [2.45, 2.75) is 19.9 Å². The molecule has 1 aliphatic rings. The van der Waals surface area contributed by atoms with Gasteiger partial charge in [0.2, 0.25) is 0 Å². The van der Waals surface area contributed by atoms with Gasteiger partial charge in [-0.15, -0.1) is 11.3 Å². The number of aromatic nitrogens is 1. The molecule has 1 unspecified atom stereocenters. The molecule has 5 nitrogen and oxygen atoms in total. The van der Waals surface area contributed by atoms with Crippen molar-refractivity contribution < 1.29 is 13.9 Å². The summed E-state index contributed by atoms with van der Waals surface area (Å²) < 4.78 is 18.8. The Balaban J connectivity index is 2.08. The minimum atomic E-state index is -0.641. The van der Waals surface area contributed by atoms with Gasteiger partial charge >= 0.3 is 5.97 Å². The van der Waals surface area contributed by atoms with Gasteiger partial charge in [-0.1, -0.05) is 12.1 Å². The van der Waals surface area contributed by atoms with E-state index in [4.69, 9.17) is 4.74 Å². The van der Waals surface area contributed by atoms with E-state index in [1.165, 1.54) is 23.5 Å². The maximum absolute atomic E-state index is 13.7. The lowest BCUT2D eigenvalue weighted by molar-refractivity contribution is -0.138. The van der Waals surface area contributed by atoms with Crippen LogP contribution in [0.3, 0.4) is 0 Å². The van der Waals surface area contributed by atoms with Crippen LogP contribution < -0.4 is 5.32 Å². The fraction of sp³-hybridized carbons (Fsp3) is 0.235. The average molecular weight is 345 g/mol. The number of aliphatic imine (C=N–C) groups is 1. The van der Waals surface area contributed by atoms with Crippen LogP contribution in [0.5, 0.6) is 0 Å². The molecule has 2 aromatic rings. The van der Waals surface area contributed by atoms with Crippen LogP contribution >= 0.6 is 11.3 Å². The van der Waals surface area contributed by atoms with Crippen molar-refractivity contribution >= 4 is 23.1 Å². The maximum Gasteiger partial charge on any atom is 0.338 e. The molecule has 0 bridgehead atoms. The zero-order valence-electron chi connectivity index (χ0n) is 13.2. The monoisotopic (exact) mass is 345 g/mol. The third-order valence-corrected chi connectivity index (χ3v) is 4.16. The third-order valence-electron chi connectivity index (χ3n) is 3.58. The van der Waals surface area contributed by atoms with Gasteiger partial charge in [0.25, 0.3) is 0 Å². The van der Waals surface area contributed by atoms with Crippen LogP contribution in [-0.2, 0) is 9.53 Å². The summed E-state index contributed by atoms with van der Waals surface area (Å²) in [7, 11) is 0. The third kappa shape index (κ3) is 3.21. The van der Waals surface area contributed by atoms with Gasteiger partial charge in [0, 0.05) is 11.1 Å². The first-order valence-corrected chi connectivity index (χ1v) is 8.41. The molecule has 124 valence electrons. The number of ether oxygens (including phenoxy) is 1. The second kappa shape index (κ2) is 6.92. The second-order valence-corrected chi connectivity index (χ2v) is 5.91. The number of amidine groups is 1. The number of carbonyl (C=O) groups is 1. The molecule has 1 atom stereocenters. The molecule has 0 saturated heterocycles. The van der Waals surface area contributed by atoms with E-state index >= 15 is 0 Å². The molecule has 1 N–H and O–H groups in total. The highest BCUT2D eigenvalue weighted by Crippen LogP contribution is 2.32. The Morgan fingerprint density at radius 2 is 2.29 bits per heavy atom. The normalized spacial score (nSPS) is 17.3. The van der Waals surface area contributed by atoms with Crippen LogP contribution in [-0.4, -0.2) is 23.4 Å². The second-order valence-electron chi connectivity index (χ2n) is 5.19. The summed E-state index contributed by atoms with van der Waals surface area (Å²) in [5.41, 5.74) is 3.98. The van der Waals surface area contributed by atoms with Crippen molar-refractivity contribution in [2.75, 3.05) is 6.61 Å². The van der Waals surface area contributed by atoms with Crippen LogP contribution in [0.2, 0.25) is 0 Å². The number of benzene rings is 1. The lowest BCUT2D eigenvalue weighted by atomic mass is 9.96. The van der Waals surface area contributed by atoms with E-state index in [-0.39, 0.29) is 12.4 Å². The Hall–Kier alpha value is -2.54. The predicted molar refractivity (Wildman–Crippen MR) is 90.3 cm³/mol. The Morgan fingerprint density at radius 3 is 2.96 bits per heavy atom. The molecule has 3 rings (SSSR count). The summed E-state index contributed by atoms with van der Waals surface area (Å²) in [6.07, 6.45) is 0. The average Bonchev–Trinajstić information content (AvgIpc) is 3.08. The van der Waals surface area contributed by atoms with Gasteiger partial charge in [0.15, 0.2) is 5.84 Å². The first-order chi connectivity index (χ1) is 11.6. The molecule has 24 heavy (non-hydrogen) atoms. The molecular weight excluding hydrogens is 329 g/mol. The molecule has 0 saturated carbocycles. The van der Waals surface area contributed by atoms with E-state index in [2.05, 4.69) is 15.3 Å². The number of halogens is 1. The Kier molecular flexibility index (Phi) is 4.71. The van der Waals surface area contributed by atoms with E-state index in [9.17, 15) is 9.18 Å². The summed E-state index contributed by atoms with van der Waals surface area (Å²) in [5.74, 6) is -0.286. The summed E-state index contributed by atoms with van der Waals surface area (Å²) in [4.78, 5) is 21.2. The zero-order chi connectivity index (χ0) is 17.1. The molecular formula is C17H16FN3O2S. The van der Waals surface area contributed by atoms with Gasteiger partial charge in [-0.3, -0.25) is 4.99 Å². The lowest BCUT2D eigenvalue weighted by Crippen LogP contribution is -2.33. The standard InChI is InChI=1S/C17H16FN3O2S/c1-3-23-17(22)14-10(2)20-16(13-8-24-9-19-13)21-15(14)11-5-4-6-12(18)7-11/h4-9,15H,3H2,1-2H3,(H,20,21).